The highest BCUT2D eigenvalue weighted by molar-refractivity contribution is 5.47. The Labute approximate surface area is 101 Å². The smallest absolute Gasteiger partial charge is 0.142 e. The number of pyridine rings is 1. The highest BCUT2D eigenvalue weighted by Gasteiger charge is 2.65. The van der Waals surface area contributed by atoms with Crippen molar-refractivity contribution in [3.8, 4) is 0 Å². The third kappa shape index (κ3) is 1.37. The molecule has 4 nitrogen and oxygen atoms in total. The standard InChI is InChI=1S/C13H18N4/c14-17-10-3-1-2-9(15-10)16-13-11-7-4-5-8(6-7)12(11)13/h1-3,7-8,11-13H,4-6,14H2,(H2,15,16,17). The van der Waals surface area contributed by atoms with Crippen LogP contribution in [-0.4, -0.2) is 11.0 Å². The molecule has 4 atom stereocenters. The molecule has 4 heteroatoms. The molecular formula is C13H18N4. The first kappa shape index (κ1) is 9.71. The van der Waals surface area contributed by atoms with E-state index in [9.17, 15) is 0 Å². The molecule has 0 saturated heterocycles. The van der Waals surface area contributed by atoms with Crippen LogP contribution in [0.1, 0.15) is 19.3 Å². The topological polar surface area (TPSA) is 63.0 Å². The molecule has 1 aromatic rings. The minimum absolute atomic E-state index is 0.682. The van der Waals surface area contributed by atoms with Gasteiger partial charge in [0.15, 0.2) is 0 Å². The minimum atomic E-state index is 0.682. The fourth-order valence-corrected chi connectivity index (χ4v) is 4.28. The third-order valence-electron chi connectivity index (χ3n) is 4.95. The normalized spacial score (nSPS) is 41.1. The summed E-state index contributed by atoms with van der Waals surface area (Å²) in [6.45, 7) is 0. The van der Waals surface area contributed by atoms with Crippen molar-refractivity contribution in [2.45, 2.75) is 25.3 Å². The zero-order chi connectivity index (χ0) is 11.4. The molecule has 0 aliphatic heterocycles. The van der Waals surface area contributed by atoms with E-state index >= 15 is 0 Å². The maximum atomic E-state index is 5.37. The number of nitrogen functional groups attached to an aromatic ring is 1. The van der Waals surface area contributed by atoms with E-state index in [4.69, 9.17) is 5.84 Å². The van der Waals surface area contributed by atoms with Crippen LogP contribution in [-0.2, 0) is 0 Å². The van der Waals surface area contributed by atoms with Crippen LogP contribution in [0.25, 0.3) is 0 Å². The van der Waals surface area contributed by atoms with Gasteiger partial charge in [0, 0.05) is 6.04 Å². The van der Waals surface area contributed by atoms with Crippen LogP contribution in [0.5, 0.6) is 0 Å². The number of hydrazine groups is 1. The summed E-state index contributed by atoms with van der Waals surface area (Å²) in [5.74, 6) is 10.9. The van der Waals surface area contributed by atoms with Gasteiger partial charge in [-0.2, -0.15) is 0 Å². The molecule has 0 spiro atoms. The Balaban J connectivity index is 1.49. The van der Waals surface area contributed by atoms with E-state index < -0.39 is 0 Å². The number of aromatic nitrogens is 1. The average Bonchev–Trinajstić information content (AvgIpc) is 2.76. The molecule has 0 aromatic carbocycles. The maximum Gasteiger partial charge on any atom is 0.142 e. The summed E-state index contributed by atoms with van der Waals surface area (Å²) < 4.78 is 0. The lowest BCUT2D eigenvalue weighted by atomic mass is 10.0. The Morgan fingerprint density at radius 3 is 2.53 bits per heavy atom. The lowest BCUT2D eigenvalue weighted by molar-refractivity contribution is 0.456. The maximum absolute atomic E-state index is 5.37. The molecule has 0 radical (unpaired) electrons. The highest BCUT2D eigenvalue weighted by Crippen LogP contribution is 2.66. The van der Waals surface area contributed by atoms with Crippen molar-refractivity contribution in [2.75, 3.05) is 10.7 Å². The predicted molar refractivity (Wildman–Crippen MR) is 67.3 cm³/mol. The van der Waals surface area contributed by atoms with Crippen molar-refractivity contribution >= 4 is 11.6 Å². The van der Waals surface area contributed by atoms with Gasteiger partial charge >= 0.3 is 0 Å². The second-order valence-corrected chi connectivity index (χ2v) is 5.71. The largest absolute Gasteiger partial charge is 0.367 e. The van der Waals surface area contributed by atoms with Crippen molar-refractivity contribution in [1.29, 1.82) is 0 Å². The molecule has 2 bridgehead atoms. The Morgan fingerprint density at radius 2 is 1.82 bits per heavy atom. The monoisotopic (exact) mass is 230 g/mol. The summed E-state index contributed by atoms with van der Waals surface area (Å²) in [5.41, 5.74) is 2.59. The minimum Gasteiger partial charge on any atom is -0.367 e. The van der Waals surface area contributed by atoms with Crippen LogP contribution in [0.15, 0.2) is 18.2 Å². The number of hydrogen-bond donors (Lipinski definition) is 3. The Kier molecular flexibility index (Phi) is 1.92. The molecule has 0 amide bonds. The van der Waals surface area contributed by atoms with Crippen molar-refractivity contribution in [1.82, 2.24) is 4.98 Å². The zero-order valence-electron chi connectivity index (χ0n) is 9.76. The number of nitrogens with zero attached hydrogens (tertiary/aromatic N) is 1. The predicted octanol–water partition coefficient (Wildman–Crippen LogP) is 1.82. The highest BCUT2D eigenvalue weighted by atomic mass is 15.3. The van der Waals surface area contributed by atoms with Crippen molar-refractivity contribution in [3.63, 3.8) is 0 Å². The van der Waals surface area contributed by atoms with Gasteiger partial charge in [0.05, 0.1) is 0 Å². The molecular weight excluding hydrogens is 212 g/mol. The molecule has 1 aromatic heterocycles. The van der Waals surface area contributed by atoms with E-state index in [-0.39, 0.29) is 0 Å². The summed E-state index contributed by atoms with van der Waals surface area (Å²) in [7, 11) is 0. The molecule has 3 aliphatic rings. The molecule has 1 heterocycles. The lowest BCUT2D eigenvalue weighted by Gasteiger charge is -2.11. The summed E-state index contributed by atoms with van der Waals surface area (Å²) >= 11 is 0. The second kappa shape index (κ2) is 3.35. The SMILES string of the molecule is NNc1cccc(NC2C3C4CCC(C4)C23)n1. The van der Waals surface area contributed by atoms with Crippen LogP contribution >= 0.6 is 0 Å². The zero-order valence-corrected chi connectivity index (χ0v) is 9.76. The molecule has 3 aliphatic carbocycles. The van der Waals surface area contributed by atoms with Gasteiger partial charge in [0.2, 0.25) is 0 Å². The quantitative estimate of drug-likeness (QED) is 0.547. The van der Waals surface area contributed by atoms with Crippen LogP contribution in [0.2, 0.25) is 0 Å². The Morgan fingerprint density at radius 1 is 1.12 bits per heavy atom. The number of nitrogens with two attached hydrogens (primary N) is 1. The lowest BCUT2D eigenvalue weighted by Crippen LogP contribution is -2.15. The molecule has 4 unspecified atom stereocenters. The van der Waals surface area contributed by atoms with Gasteiger partial charge in [-0.15, -0.1) is 0 Å². The van der Waals surface area contributed by atoms with E-state index in [1.165, 1.54) is 19.3 Å². The number of rotatable bonds is 3. The summed E-state index contributed by atoms with van der Waals surface area (Å²) in [6, 6.07) is 6.57. The van der Waals surface area contributed by atoms with Gasteiger partial charge in [-0.25, -0.2) is 10.8 Å². The summed E-state index contributed by atoms with van der Waals surface area (Å²) in [4.78, 5) is 4.42. The van der Waals surface area contributed by atoms with Crippen molar-refractivity contribution in [2.24, 2.45) is 29.5 Å². The van der Waals surface area contributed by atoms with E-state index in [0.717, 1.165) is 35.3 Å². The molecule has 4 rings (SSSR count). The van der Waals surface area contributed by atoms with Crippen molar-refractivity contribution in [3.05, 3.63) is 18.2 Å². The van der Waals surface area contributed by atoms with Crippen LogP contribution in [0, 0.1) is 23.7 Å². The van der Waals surface area contributed by atoms with Gasteiger partial charge in [-0.3, -0.25) is 0 Å². The average molecular weight is 230 g/mol. The first-order valence-corrected chi connectivity index (χ1v) is 6.57. The first-order valence-electron chi connectivity index (χ1n) is 6.57. The summed E-state index contributed by atoms with van der Waals surface area (Å²) in [5, 5.41) is 3.59. The van der Waals surface area contributed by atoms with Gasteiger partial charge in [-0.1, -0.05) is 6.07 Å². The molecule has 90 valence electrons. The first-order chi connectivity index (χ1) is 8.36. The van der Waals surface area contributed by atoms with E-state index in [0.29, 0.717) is 6.04 Å². The third-order valence-corrected chi connectivity index (χ3v) is 4.95. The van der Waals surface area contributed by atoms with Crippen LogP contribution in [0.3, 0.4) is 0 Å². The Bertz CT molecular complexity index is 431. The van der Waals surface area contributed by atoms with Gasteiger partial charge in [0.25, 0.3) is 0 Å². The van der Waals surface area contributed by atoms with Crippen LogP contribution in [0.4, 0.5) is 11.6 Å². The Hall–Kier alpha value is -1.29. The van der Waals surface area contributed by atoms with Crippen molar-refractivity contribution < 1.29 is 0 Å². The van der Waals surface area contributed by atoms with Gasteiger partial charge in [-0.05, 0) is 55.1 Å². The van der Waals surface area contributed by atoms with Gasteiger partial charge in [0.1, 0.15) is 11.6 Å². The molecule has 3 saturated carbocycles. The molecule has 4 N–H and O–H groups in total. The fraction of sp³-hybridized carbons (Fsp3) is 0.615. The van der Waals surface area contributed by atoms with Gasteiger partial charge < -0.3 is 10.7 Å². The van der Waals surface area contributed by atoms with Crippen LogP contribution < -0.4 is 16.6 Å². The molecule has 17 heavy (non-hydrogen) atoms. The number of anilines is 2. The number of nitrogens with one attached hydrogen (secondary N) is 2. The van der Waals surface area contributed by atoms with E-state index in [1.807, 2.05) is 18.2 Å². The summed E-state index contributed by atoms with van der Waals surface area (Å²) in [6.07, 6.45) is 4.41. The number of fused-ring (bicyclic) bond motifs is 5. The van der Waals surface area contributed by atoms with E-state index in [1.54, 1.807) is 0 Å². The fourth-order valence-electron chi connectivity index (χ4n) is 4.28. The second-order valence-electron chi connectivity index (χ2n) is 5.71. The number of hydrogen-bond acceptors (Lipinski definition) is 4. The van der Waals surface area contributed by atoms with E-state index in [2.05, 4.69) is 15.7 Å². The molecule has 3 fully saturated rings.